The summed E-state index contributed by atoms with van der Waals surface area (Å²) in [6.07, 6.45) is 9.29. The zero-order valence-electron chi connectivity index (χ0n) is 16.8. The van der Waals surface area contributed by atoms with Crippen molar-refractivity contribution >= 4 is 0 Å². The van der Waals surface area contributed by atoms with Crippen molar-refractivity contribution in [2.45, 2.75) is 65.0 Å². The number of aromatic nitrogens is 2. The lowest BCUT2D eigenvalue weighted by atomic mass is 9.96. The first-order valence-corrected chi connectivity index (χ1v) is 10.6. The molecule has 2 aliphatic rings. The van der Waals surface area contributed by atoms with Crippen LogP contribution in [0.4, 0.5) is 0 Å². The number of piperidine rings is 1. The quantitative estimate of drug-likeness (QED) is 0.728. The Bertz CT molecular complexity index is 722. The van der Waals surface area contributed by atoms with Crippen LogP contribution in [0.15, 0.2) is 22.7 Å². The summed E-state index contributed by atoms with van der Waals surface area (Å²) in [5, 5.41) is 0. The highest BCUT2D eigenvalue weighted by Crippen LogP contribution is 2.30. The van der Waals surface area contributed by atoms with Gasteiger partial charge in [-0.15, -0.1) is 0 Å². The minimum Gasteiger partial charge on any atom is -0.466 e. The molecule has 148 valence electrons. The van der Waals surface area contributed by atoms with Crippen LogP contribution in [-0.2, 0) is 17.7 Å². The Morgan fingerprint density at radius 1 is 1.15 bits per heavy atom. The maximum Gasteiger partial charge on any atom is 0.138 e. The van der Waals surface area contributed by atoms with Gasteiger partial charge in [-0.05, 0) is 83.6 Å². The summed E-state index contributed by atoms with van der Waals surface area (Å²) < 4.78 is 14.0. The third-order valence-corrected chi connectivity index (χ3v) is 6.15. The largest absolute Gasteiger partial charge is 0.466 e. The number of rotatable bonds is 7. The van der Waals surface area contributed by atoms with Crippen LogP contribution in [0.2, 0.25) is 0 Å². The van der Waals surface area contributed by atoms with E-state index in [1.165, 1.54) is 44.6 Å². The van der Waals surface area contributed by atoms with Crippen molar-refractivity contribution < 1.29 is 9.15 Å². The standard InChI is InChI=1S/C22H33N3O2/c1-17-15-23-22(21-6-4-14-26-21)25(17)16-19-9-12-24(13-10-19)11-3-5-20-8-7-18(2)27-20/h7-8,15,19,21H,3-6,9-14,16H2,1-2H3. The Balaban J connectivity index is 1.23. The fraction of sp³-hybridized carbons (Fsp3) is 0.682. The maximum absolute atomic E-state index is 5.88. The zero-order chi connectivity index (χ0) is 18.6. The molecule has 0 spiro atoms. The van der Waals surface area contributed by atoms with Gasteiger partial charge < -0.3 is 18.6 Å². The van der Waals surface area contributed by atoms with Crippen molar-refractivity contribution in [2.75, 3.05) is 26.2 Å². The van der Waals surface area contributed by atoms with Crippen LogP contribution in [0.3, 0.4) is 0 Å². The van der Waals surface area contributed by atoms with Gasteiger partial charge in [0.2, 0.25) is 0 Å². The van der Waals surface area contributed by atoms with Gasteiger partial charge in [-0.3, -0.25) is 0 Å². The molecular weight excluding hydrogens is 338 g/mol. The van der Waals surface area contributed by atoms with Crippen molar-refractivity contribution in [1.82, 2.24) is 14.5 Å². The number of ether oxygens (including phenoxy) is 1. The van der Waals surface area contributed by atoms with E-state index in [0.29, 0.717) is 0 Å². The molecular formula is C22H33N3O2. The molecule has 4 heterocycles. The van der Waals surface area contributed by atoms with Crippen LogP contribution >= 0.6 is 0 Å². The van der Waals surface area contributed by atoms with Crippen LogP contribution in [-0.4, -0.2) is 40.7 Å². The summed E-state index contributed by atoms with van der Waals surface area (Å²) in [5.41, 5.74) is 1.27. The summed E-state index contributed by atoms with van der Waals surface area (Å²) >= 11 is 0. The SMILES string of the molecule is Cc1ccc(CCCN2CCC(Cn3c(C)cnc3C3CCCO3)CC2)o1. The fourth-order valence-electron chi connectivity index (χ4n) is 4.50. The van der Waals surface area contributed by atoms with Crippen LogP contribution in [0.25, 0.3) is 0 Å². The van der Waals surface area contributed by atoms with Gasteiger partial charge in [-0.25, -0.2) is 4.98 Å². The Hall–Kier alpha value is -1.59. The lowest BCUT2D eigenvalue weighted by Gasteiger charge is -2.32. The van der Waals surface area contributed by atoms with E-state index in [4.69, 9.17) is 9.15 Å². The second-order valence-corrected chi connectivity index (χ2v) is 8.27. The molecule has 0 amide bonds. The van der Waals surface area contributed by atoms with Gasteiger partial charge in [0.15, 0.2) is 0 Å². The molecule has 2 aliphatic heterocycles. The fourth-order valence-corrected chi connectivity index (χ4v) is 4.50. The van der Waals surface area contributed by atoms with E-state index in [-0.39, 0.29) is 6.10 Å². The average molecular weight is 372 g/mol. The minimum absolute atomic E-state index is 0.212. The molecule has 0 aliphatic carbocycles. The molecule has 5 heteroatoms. The van der Waals surface area contributed by atoms with Crippen LogP contribution in [0.5, 0.6) is 0 Å². The van der Waals surface area contributed by atoms with Gasteiger partial charge in [0.25, 0.3) is 0 Å². The molecule has 2 aromatic heterocycles. The number of aryl methyl sites for hydroxylation is 3. The summed E-state index contributed by atoms with van der Waals surface area (Å²) in [6.45, 7) is 9.78. The normalized spacial score (nSPS) is 21.9. The second-order valence-electron chi connectivity index (χ2n) is 8.27. The third kappa shape index (κ3) is 4.64. The number of likely N-dealkylation sites (tertiary alicyclic amines) is 1. The topological polar surface area (TPSA) is 43.4 Å². The highest BCUT2D eigenvalue weighted by atomic mass is 16.5. The van der Waals surface area contributed by atoms with E-state index < -0.39 is 0 Å². The Labute approximate surface area is 162 Å². The van der Waals surface area contributed by atoms with Gasteiger partial charge in [0.05, 0.1) is 0 Å². The smallest absolute Gasteiger partial charge is 0.138 e. The molecule has 0 N–H and O–H groups in total. The average Bonchev–Trinajstić information content (AvgIpc) is 3.40. The van der Waals surface area contributed by atoms with E-state index in [0.717, 1.165) is 55.7 Å². The molecule has 1 unspecified atom stereocenters. The lowest BCUT2D eigenvalue weighted by Crippen LogP contribution is -2.36. The summed E-state index contributed by atoms with van der Waals surface area (Å²) in [4.78, 5) is 7.29. The number of nitrogens with zero attached hydrogens (tertiary/aromatic N) is 3. The lowest BCUT2D eigenvalue weighted by molar-refractivity contribution is 0.0990. The predicted molar refractivity (Wildman–Crippen MR) is 106 cm³/mol. The van der Waals surface area contributed by atoms with Gasteiger partial charge in [0, 0.05) is 31.5 Å². The first kappa shape index (κ1) is 18.8. The van der Waals surface area contributed by atoms with Crippen molar-refractivity contribution in [3.63, 3.8) is 0 Å². The van der Waals surface area contributed by atoms with E-state index in [1.807, 2.05) is 13.1 Å². The zero-order valence-corrected chi connectivity index (χ0v) is 16.8. The Morgan fingerprint density at radius 2 is 2.00 bits per heavy atom. The van der Waals surface area contributed by atoms with E-state index in [1.54, 1.807) is 0 Å². The Morgan fingerprint density at radius 3 is 2.70 bits per heavy atom. The highest BCUT2D eigenvalue weighted by Gasteiger charge is 2.26. The molecule has 2 aromatic rings. The molecule has 0 aromatic carbocycles. The first-order valence-electron chi connectivity index (χ1n) is 10.6. The summed E-state index contributed by atoms with van der Waals surface area (Å²) in [7, 11) is 0. The molecule has 4 rings (SSSR count). The van der Waals surface area contributed by atoms with Gasteiger partial charge in [-0.2, -0.15) is 0 Å². The van der Waals surface area contributed by atoms with Gasteiger partial charge in [0.1, 0.15) is 23.4 Å². The monoisotopic (exact) mass is 371 g/mol. The van der Waals surface area contributed by atoms with Crippen LogP contribution in [0, 0.1) is 19.8 Å². The third-order valence-electron chi connectivity index (χ3n) is 6.15. The van der Waals surface area contributed by atoms with Crippen LogP contribution in [0.1, 0.15) is 61.2 Å². The van der Waals surface area contributed by atoms with Crippen LogP contribution < -0.4 is 0 Å². The molecule has 5 nitrogen and oxygen atoms in total. The number of hydrogen-bond acceptors (Lipinski definition) is 4. The molecule has 0 radical (unpaired) electrons. The van der Waals surface area contributed by atoms with E-state index >= 15 is 0 Å². The molecule has 1 atom stereocenters. The maximum atomic E-state index is 5.88. The van der Waals surface area contributed by atoms with Crippen molar-refractivity contribution in [3.8, 4) is 0 Å². The first-order chi connectivity index (χ1) is 13.2. The Kier molecular flexibility index (Phi) is 5.98. The van der Waals surface area contributed by atoms with Crippen molar-refractivity contribution in [2.24, 2.45) is 5.92 Å². The number of furan rings is 1. The molecule has 2 saturated heterocycles. The number of imidazole rings is 1. The van der Waals surface area contributed by atoms with E-state index in [9.17, 15) is 0 Å². The molecule has 0 bridgehead atoms. The van der Waals surface area contributed by atoms with Crippen molar-refractivity contribution in [1.29, 1.82) is 0 Å². The summed E-state index contributed by atoms with van der Waals surface area (Å²) in [6, 6.07) is 4.17. The molecule has 27 heavy (non-hydrogen) atoms. The van der Waals surface area contributed by atoms with Gasteiger partial charge >= 0.3 is 0 Å². The predicted octanol–water partition coefficient (Wildman–Crippen LogP) is 4.29. The second kappa shape index (κ2) is 8.61. The van der Waals surface area contributed by atoms with Crippen molar-refractivity contribution in [3.05, 3.63) is 41.4 Å². The summed E-state index contributed by atoms with van der Waals surface area (Å²) in [5.74, 6) is 4.05. The minimum atomic E-state index is 0.212. The molecule has 2 fully saturated rings. The van der Waals surface area contributed by atoms with E-state index in [2.05, 4.69) is 33.5 Å². The molecule has 0 saturated carbocycles. The van der Waals surface area contributed by atoms with Gasteiger partial charge in [-0.1, -0.05) is 0 Å². The number of hydrogen-bond donors (Lipinski definition) is 0. The highest BCUT2D eigenvalue weighted by molar-refractivity contribution is 5.07.